The van der Waals surface area contributed by atoms with Gasteiger partial charge in [0.05, 0.1) is 0 Å². The van der Waals surface area contributed by atoms with Crippen LogP contribution in [0.2, 0.25) is 0 Å². The van der Waals surface area contributed by atoms with E-state index in [1.807, 2.05) is 0 Å². The molecule has 0 aromatic rings. The van der Waals surface area contributed by atoms with E-state index in [4.69, 9.17) is 0 Å². The van der Waals surface area contributed by atoms with Crippen LogP contribution in [-0.2, 0) is 0 Å². The van der Waals surface area contributed by atoms with Gasteiger partial charge in [-0.2, -0.15) is 0 Å². The van der Waals surface area contributed by atoms with Crippen LogP contribution in [0.15, 0.2) is 0 Å². The first kappa shape index (κ1) is 8.06. The highest BCUT2D eigenvalue weighted by atomic mass is 15.1. The van der Waals surface area contributed by atoms with E-state index in [1.54, 1.807) is 0 Å². The highest BCUT2D eigenvalue weighted by molar-refractivity contribution is 4.70. The molecule has 1 heteroatoms. The molecule has 0 aromatic carbocycles. The number of hydrogen-bond donors (Lipinski definition) is 0. The lowest BCUT2D eigenvalue weighted by Gasteiger charge is -2.29. The maximum Gasteiger partial charge on any atom is 0.000661 e. The Bertz CT molecular complexity index is 88.7. The molecule has 1 rings (SSSR count). The van der Waals surface area contributed by atoms with Crippen LogP contribution in [0.1, 0.15) is 25.7 Å². The van der Waals surface area contributed by atoms with Gasteiger partial charge in [-0.3, -0.25) is 0 Å². The molecule has 1 heterocycles. The van der Waals surface area contributed by atoms with E-state index >= 15 is 0 Å². The van der Waals surface area contributed by atoms with Crippen molar-refractivity contribution in [1.82, 2.24) is 4.90 Å². The number of piperidine rings is 1. The molecular weight excluding hydrogens is 122 g/mol. The van der Waals surface area contributed by atoms with Gasteiger partial charge in [0.15, 0.2) is 0 Å². The Hall–Kier alpha value is -0.0400. The largest absolute Gasteiger partial charge is 0.306 e. The maximum absolute atomic E-state index is 3.89. The van der Waals surface area contributed by atoms with Gasteiger partial charge in [-0.25, -0.2) is 0 Å². The minimum Gasteiger partial charge on any atom is -0.306 e. The molecule has 1 saturated heterocycles. The highest BCUT2D eigenvalue weighted by Crippen LogP contribution is 2.18. The van der Waals surface area contributed by atoms with Crippen molar-refractivity contribution in [2.24, 2.45) is 5.92 Å². The van der Waals surface area contributed by atoms with E-state index in [0.29, 0.717) is 0 Å². The summed E-state index contributed by atoms with van der Waals surface area (Å²) < 4.78 is 0. The summed E-state index contributed by atoms with van der Waals surface area (Å²) in [6.07, 6.45) is 5.25. The van der Waals surface area contributed by atoms with E-state index in [2.05, 4.69) is 18.9 Å². The number of nitrogens with zero attached hydrogens (tertiary/aromatic N) is 1. The molecule has 0 saturated carbocycles. The Morgan fingerprint density at radius 1 is 1.60 bits per heavy atom. The molecule has 10 heavy (non-hydrogen) atoms. The molecule has 0 amide bonds. The standard InChI is InChI=1S/C9H18N/c1-3-5-9-6-4-7-10(2)8-9/h9H,1,3-8H2,2H3. The zero-order valence-electron chi connectivity index (χ0n) is 6.97. The molecule has 0 aliphatic carbocycles. The van der Waals surface area contributed by atoms with Gasteiger partial charge in [-0.1, -0.05) is 13.3 Å². The molecule has 1 radical (unpaired) electrons. The highest BCUT2D eigenvalue weighted by Gasteiger charge is 2.15. The smallest absolute Gasteiger partial charge is 0.000661 e. The Morgan fingerprint density at radius 2 is 2.40 bits per heavy atom. The summed E-state index contributed by atoms with van der Waals surface area (Å²) in [5, 5.41) is 0. The minimum absolute atomic E-state index is 0.941. The van der Waals surface area contributed by atoms with E-state index < -0.39 is 0 Å². The topological polar surface area (TPSA) is 3.24 Å². The summed E-state index contributed by atoms with van der Waals surface area (Å²) in [6, 6.07) is 0. The summed E-state index contributed by atoms with van der Waals surface area (Å²) in [6.45, 7) is 6.49. The van der Waals surface area contributed by atoms with Gasteiger partial charge in [0.2, 0.25) is 0 Å². The molecular formula is C9H18N. The molecule has 1 nitrogen and oxygen atoms in total. The number of likely N-dealkylation sites (tertiary alicyclic amines) is 1. The van der Waals surface area contributed by atoms with Crippen LogP contribution in [0.25, 0.3) is 0 Å². The molecule has 0 bridgehead atoms. The van der Waals surface area contributed by atoms with Crippen LogP contribution in [0.3, 0.4) is 0 Å². The zero-order chi connectivity index (χ0) is 7.40. The van der Waals surface area contributed by atoms with Gasteiger partial charge in [0.1, 0.15) is 0 Å². The Kier molecular flexibility index (Phi) is 3.20. The second-order valence-electron chi connectivity index (χ2n) is 3.41. The van der Waals surface area contributed by atoms with Crippen LogP contribution in [0.4, 0.5) is 0 Å². The van der Waals surface area contributed by atoms with Gasteiger partial charge in [0, 0.05) is 6.54 Å². The Balaban J connectivity index is 2.18. The normalized spacial score (nSPS) is 28.8. The number of hydrogen-bond acceptors (Lipinski definition) is 1. The third kappa shape index (κ3) is 2.30. The molecule has 1 atom stereocenters. The van der Waals surface area contributed by atoms with Crippen LogP contribution < -0.4 is 0 Å². The summed E-state index contributed by atoms with van der Waals surface area (Å²) in [7, 11) is 2.22. The van der Waals surface area contributed by atoms with Crippen molar-refractivity contribution < 1.29 is 0 Å². The lowest BCUT2D eigenvalue weighted by Crippen LogP contribution is -2.31. The summed E-state index contributed by atoms with van der Waals surface area (Å²) in [4.78, 5) is 2.43. The van der Waals surface area contributed by atoms with Crippen molar-refractivity contribution in [3.05, 3.63) is 6.92 Å². The maximum atomic E-state index is 3.89. The fourth-order valence-electron chi connectivity index (χ4n) is 1.80. The van der Waals surface area contributed by atoms with Gasteiger partial charge < -0.3 is 4.90 Å². The van der Waals surface area contributed by atoms with Gasteiger partial charge in [-0.15, -0.1) is 0 Å². The molecule has 1 aliphatic rings. The second kappa shape index (κ2) is 3.97. The summed E-state index contributed by atoms with van der Waals surface area (Å²) >= 11 is 0. The first-order valence-electron chi connectivity index (χ1n) is 4.30. The van der Waals surface area contributed by atoms with Crippen LogP contribution in [-0.4, -0.2) is 25.0 Å². The van der Waals surface area contributed by atoms with Crippen LogP contribution >= 0.6 is 0 Å². The van der Waals surface area contributed by atoms with Crippen molar-refractivity contribution in [3.63, 3.8) is 0 Å². The third-order valence-electron chi connectivity index (χ3n) is 2.33. The fourth-order valence-corrected chi connectivity index (χ4v) is 1.80. The van der Waals surface area contributed by atoms with Crippen molar-refractivity contribution in [2.45, 2.75) is 25.7 Å². The average molecular weight is 140 g/mol. The van der Waals surface area contributed by atoms with Crippen molar-refractivity contribution in [3.8, 4) is 0 Å². The van der Waals surface area contributed by atoms with E-state index in [-0.39, 0.29) is 0 Å². The van der Waals surface area contributed by atoms with E-state index in [9.17, 15) is 0 Å². The van der Waals surface area contributed by atoms with Gasteiger partial charge in [0.25, 0.3) is 0 Å². The lowest BCUT2D eigenvalue weighted by molar-refractivity contribution is 0.203. The Morgan fingerprint density at radius 3 is 3.00 bits per heavy atom. The van der Waals surface area contributed by atoms with Crippen molar-refractivity contribution >= 4 is 0 Å². The second-order valence-corrected chi connectivity index (χ2v) is 3.41. The fraction of sp³-hybridized carbons (Fsp3) is 0.889. The van der Waals surface area contributed by atoms with Crippen molar-refractivity contribution in [1.29, 1.82) is 0 Å². The van der Waals surface area contributed by atoms with E-state index in [0.717, 1.165) is 12.3 Å². The molecule has 1 aliphatic heterocycles. The first-order chi connectivity index (χ1) is 4.83. The Labute approximate surface area is 64.4 Å². The monoisotopic (exact) mass is 140 g/mol. The lowest BCUT2D eigenvalue weighted by atomic mass is 9.94. The summed E-state index contributed by atoms with van der Waals surface area (Å²) in [5.41, 5.74) is 0. The molecule has 1 unspecified atom stereocenters. The number of rotatable bonds is 2. The SMILES string of the molecule is [CH2]CCC1CCCN(C)C1. The molecule has 59 valence electrons. The first-order valence-corrected chi connectivity index (χ1v) is 4.30. The zero-order valence-corrected chi connectivity index (χ0v) is 6.97. The van der Waals surface area contributed by atoms with Crippen molar-refractivity contribution in [2.75, 3.05) is 20.1 Å². The average Bonchev–Trinajstić information content (AvgIpc) is 1.88. The minimum atomic E-state index is 0.941. The van der Waals surface area contributed by atoms with Crippen LogP contribution in [0, 0.1) is 12.8 Å². The molecule has 0 spiro atoms. The predicted molar refractivity (Wildman–Crippen MR) is 44.8 cm³/mol. The quantitative estimate of drug-likeness (QED) is 0.566. The van der Waals surface area contributed by atoms with E-state index in [1.165, 1.54) is 32.4 Å². The summed E-state index contributed by atoms with van der Waals surface area (Å²) in [5.74, 6) is 0.941. The van der Waals surface area contributed by atoms with Gasteiger partial charge >= 0.3 is 0 Å². The molecule has 0 N–H and O–H groups in total. The van der Waals surface area contributed by atoms with Gasteiger partial charge in [-0.05, 0) is 38.8 Å². The third-order valence-corrected chi connectivity index (χ3v) is 2.33. The molecule has 0 aromatic heterocycles. The molecule has 1 fully saturated rings. The predicted octanol–water partition coefficient (Wildman–Crippen LogP) is 1.94. The van der Waals surface area contributed by atoms with Crippen LogP contribution in [0.5, 0.6) is 0 Å².